The van der Waals surface area contributed by atoms with Gasteiger partial charge in [0.2, 0.25) is 0 Å². The van der Waals surface area contributed by atoms with E-state index >= 15 is 0 Å². The Hall–Kier alpha value is -2.56. The van der Waals surface area contributed by atoms with Crippen molar-refractivity contribution in [3.63, 3.8) is 0 Å². The molecule has 0 amide bonds. The maximum absolute atomic E-state index is 11.6. The molecular formula is C18H20ClN7O2S. The number of benzene rings is 1. The maximum atomic E-state index is 11.6. The number of pyridine rings is 1. The number of tetrazole rings is 1. The number of halogens is 1. The van der Waals surface area contributed by atoms with Crippen LogP contribution in [0.25, 0.3) is 5.69 Å². The first-order valence-electron chi connectivity index (χ1n) is 9.07. The normalized spacial score (nSPS) is 15.6. The van der Waals surface area contributed by atoms with Gasteiger partial charge in [0.1, 0.15) is 5.82 Å². The first-order chi connectivity index (χ1) is 13.9. The third-order valence-electron chi connectivity index (χ3n) is 4.82. The molecule has 0 saturated carbocycles. The van der Waals surface area contributed by atoms with Crippen molar-refractivity contribution in [2.24, 2.45) is 0 Å². The summed E-state index contributed by atoms with van der Waals surface area (Å²) in [6.45, 7) is 4.00. The number of rotatable bonds is 5. The molecule has 4 rings (SSSR count). The molecule has 1 aliphatic heterocycles. The molecule has 3 heterocycles. The van der Waals surface area contributed by atoms with E-state index in [1.165, 1.54) is 6.26 Å². The van der Waals surface area contributed by atoms with Gasteiger partial charge in [-0.15, -0.1) is 5.10 Å². The van der Waals surface area contributed by atoms with Gasteiger partial charge in [0.25, 0.3) is 0 Å². The van der Waals surface area contributed by atoms with Crippen LogP contribution < -0.4 is 4.90 Å². The van der Waals surface area contributed by atoms with Gasteiger partial charge in [-0.2, -0.15) is 4.68 Å². The fourth-order valence-corrected chi connectivity index (χ4v) is 3.97. The van der Waals surface area contributed by atoms with E-state index in [0.717, 1.165) is 37.7 Å². The van der Waals surface area contributed by atoms with Crippen LogP contribution in [0.5, 0.6) is 0 Å². The van der Waals surface area contributed by atoms with Crippen LogP contribution in [-0.2, 0) is 16.4 Å². The lowest BCUT2D eigenvalue weighted by Crippen LogP contribution is -2.46. The van der Waals surface area contributed by atoms with Crippen LogP contribution in [-0.4, -0.2) is 70.9 Å². The minimum atomic E-state index is -3.24. The number of piperazine rings is 1. The molecule has 0 atom stereocenters. The van der Waals surface area contributed by atoms with E-state index in [1.807, 2.05) is 12.1 Å². The minimum absolute atomic E-state index is 0.266. The molecule has 29 heavy (non-hydrogen) atoms. The summed E-state index contributed by atoms with van der Waals surface area (Å²) >= 11 is 5.91. The van der Waals surface area contributed by atoms with Crippen LogP contribution in [0.4, 0.5) is 5.82 Å². The number of aromatic nitrogens is 5. The highest BCUT2D eigenvalue weighted by Gasteiger charge is 2.20. The summed E-state index contributed by atoms with van der Waals surface area (Å²) in [6.07, 6.45) is 2.84. The third-order valence-corrected chi connectivity index (χ3v) is 6.17. The molecule has 0 spiro atoms. The van der Waals surface area contributed by atoms with Gasteiger partial charge in [-0.3, -0.25) is 4.90 Å². The SMILES string of the molecule is CS(=O)(=O)c1ccc(-n2nnnc2CN2CCN(c3ccc(Cl)cn3)CC2)cc1. The summed E-state index contributed by atoms with van der Waals surface area (Å²) in [4.78, 5) is 9.14. The van der Waals surface area contributed by atoms with Crippen LogP contribution in [0.15, 0.2) is 47.5 Å². The highest BCUT2D eigenvalue weighted by molar-refractivity contribution is 7.90. The molecule has 0 unspecified atom stereocenters. The first kappa shape index (κ1) is 19.7. The smallest absolute Gasteiger partial charge is 0.175 e. The Morgan fingerprint density at radius 3 is 2.38 bits per heavy atom. The zero-order chi connectivity index (χ0) is 20.4. The van der Waals surface area contributed by atoms with Crippen molar-refractivity contribution >= 4 is 27.3 Å². The van der Waals surface area contributed by atoms with Crippen LogP contribution in [0.3, 0.4) is 0 Å². The predicted octanol–water partition coefficient (Wildman–Crippen LogP) is 1.44. The molecule has 3 aromatic rings. The molecule has 11 heteroatoms. The minimum Gasteiger partial charge on any atom is -0.354 e. The highest BCUT2D eigenvalue weighted by atomic mass is 35.5. The van der Waals surface area contributed by atoms with E-state index < -0.39 is 9.84 Å². The van der Waals surface area contributed by atoms with Crippen molar-refractivity contribution in [1.82, 2.24) is 30.1 Å². The average molecular weight is 434 g/mol. The van der Waals surface area contributed by atoms with Crippen LogP contribution in [0, 0.1) is 0 Å². The Bertz CT molecular complexity index is 1080. The Morgan fingerprint density at radius 2 is 1.76 bits per heavy atom. The molecule has 1 aromatic carbocycles. The molecule has 1 fully saturated rings. The van der Waals surface area contributed by atoms with E-state index in [4.69, 9.17) is 11.6 Å². The van der Waals surface area contributed by atoms with Gasteiger partial charge in [0.05, 0.1) is 22.2 Å². The molecule has 2 aromatic heterocycles. The van der Waals surface area contributed by atoms with Gasteiger partial charge in [0.15, 0.2) is 15.7 Å². The van der Waals surface area contributed by atoms with Crippen molar-refractivity contribution in [2.45, 2.75) is 11.4 Å². The zero-order valence-electron chi connectivity index (χ0n) is 15.8. The summed E-state index contributed by atoms with van der Waals surface area (Å²) in [6, 6.07) is 10.3. The lowest BCUT2D eigenvalue weighted by molar-refractivity contribution is 0.241. The molecule has 9 nitrogen and oxygen atoms in total. The second-order valence-electron chi connectivity index (χ2n) is 6.87. The largest absolute Gasteiger partial charge is 0.354 e. The van der Waals surface area contributed by atoms with Crippen LogP contribution >= 0.6 is 11.6 Å². The summed E-state index contributed by atoms with van der Waals surface area (Å²) in [5, 5.41) is 12.6. The Balaban J connectivity index is 1.42. The number of sulfone groups is 1. The first-order valence-corrected chi connectivity index (χ1v) is 11.3. The second-order valence-corrected chi connectivity index (χ2v) is 9.32. The highest BCUT2D eigenvalue weighted by Crippen LogP contribution is 2.18. The zero-order valence-corrected chi connectivity index (χ0v) is 17.4. The van der Waals surface area contributed by atoms with Gasteiger partial charge < -0.3 is 4.90 Å². The van der Waals surface area contributed by atoms with Crippen molar-refractivity contribution < 1.29 is 8.42 Å². The van der Waals surface area contributed by atoms with Crippen LogP contribution in [0.2, 0.25) is 5.02 Å². The monoisotopic (exact) mass is 433 g/mol. The second kappa shape index (κ2) is 8.05. The molecule has 1 aliphatic rings. The van der Waals surface area contributed by atoms with Crippen LogP contribution in [0.1, 0.15) is 5.82 Å². The van der Waals surface area contributed by atoms with E-state index in [9.17, 15) is 8.42 Å². The molecule has 0 bridgehead atoms. The lowest BCUT2D eigenvalue weighted by Gasteiger charge is -2.35. The fourth-order valence-electron chi connectivity index (χ4n) is 3.23. The number of anilines is 1. The lowest BCUT2D eigenvalue weighted by atomic mass is 10.3. The number of nitrogens with zero attached hydrogens (tertiary/aromatic N) is 7. The molecular weight excluding hydrogens is 414 g/mol. The van der Waals surface area contributed by atoms with E-state index in [2.05, 4.69) is 30.3 Å². The van der Waals surface area contributed by atoms with Crippen molar-refractivity contribution in [2.75, 3.05) is 37.3 Å². The Labute approximate surface area is 173 Å². The van der Waals surface area contributed by atoms with Crippen molar-refractivity contribution in [3.8, 4) is 5.69 Å². The number of hydrogen-bond donors (Lipinski definition) is 0. The molecule has 0 N–H and O–H groups in total. The van der Waals surface area contributed by atoms with E-state index in [-0.39, 0.29) is 4.90 Å². The molecule has 1 saturated heterocycles. The standard InChI is InChI=1S/C18H20ClN7O2S/c1-29(27,28)16-5-3-15(4-6-16)26-18(21-22-23-26)13-24-8-10-25(11-9-24)17-7-2-14(19)12-20-17/h2-7,12H,8-11,13H2,1H3. The molecule has 0 radical (unpaired) electrons. The maximum Gasteiger partial charge on any atom is 0.175 e. The van der Waals surface area contributed by atoms with E-state index in [0.29, 0.717) is 17.4 Å². The van der Waals surface area contributed by atoms with Gasteiger partial charge in [-0.05, 0) is 46.8 Å². The topological polar surface area (TPSA) is 97.1 Å². The molecule has 152 valence electrons. The average Bonchev–Trinajstić information content (AvgIpc) is 3.17. The van der Waals surface area contributed by atoms with Crippen molar-refractivity contribution in [3.05, 3.63) is 53.4 Å². The summed E-state index contributed by atoms with van der Waals surface area (Å²) in [7, 11) is -3.24. The fraction of sp³-hybridized carbons (Fsp3) is 0.333. The predicted molar refractivity (Wildman–Crippen MR) is 109 cm³/mol. The third kappa shape index (κ3) is 4.55. The van der Waals surface area contributed by atoms with Gasteiger partial charge in [-0.25, -0.2) is 13.4 Å². The molecule has 0 aliphatic carbocycles. The van der Waals surface area contributed by atoms with Gasteiger partial charge in [0, 0.05) is 38.6 Å². The van der Waals surface area contributed by atoms with E-state index in [1.54, 1.807) is 35.1 Å². The van der Waals surface area contributed by atoms with Gasteiger partial charge >= 0.3 is 0 Å². The summed E-state index contributed by atoms with van der Waals surface area (Å²) < 4.78 is 24.9. The quantitative estimate of drug-likeness (QED) is 0.596. The van der Waals surface area contributed by atoms with Gasteiger partial charge in [-0.1, -0.05) is 11.6 Å². The Morgan fingerprint density at radius 1 is 1.03 bits per heavy atom. The summed E-state index contributed by atoms with van der Waals surface area (Å²) in [5.74, 6) is 1.63. The summed E-state index contributed by atoms with van der Waals surface area (Å²) in [5.41, 5.74) is 0.724. The Kier molecular flexibility index (Phi) is 5.48. The van der Waals surface area contributed by atoms with Crippen molar-refractivity contribution in [1.29, 1.82) is 0 Å². The number of hydrogen-bond acceptors (Lipinski definition) is 8.